The van der Waals surface area contributed by atoms with Crippen LogP contribution in [0.25, 0.3) is 0 Å². The predicted octanol–water partition coefficient (Wildman–Crippen LogP) is 5.11. The van der Waals surface area contributed by atoms with Gasteiger partial charge in [-0.25, -0.2) is 12.8 Å². The third-order valence-electron chi connectivity index (χ3n) is 7.96. The van der Waals surface area contributed by atoms with Gasteiger partial charge in [-0.2, -0.15) is 0 Å². The van der Waals surface area contributed by atoms with E-state index < -0.39 is 39.3 Å². The Labute approximate surface area is 262 Å². The number of halogens is 1. The minimum atomic E-state index is -4.53. The molecule has 240 valence electrons. The second-order valence-electron chi connectivity index (χ2n) is 11.0. The maximum atomic E-state index is 14.2. The molecule has 3 aromatic carbocycles. The van der Waals surface area contributed by atoms with E-state index in [0.29, 0.717) is 11.3 Å². The zero-order valence-corrected chi connectivity index (χ0v) is 26.3. The molecule has 0 heterocycles. The van der Waals surface area contributed by atoms with E-state index in [2.05, 4.69) is 5.32 Å². The second kappa shape index (κ2) is 14.5. The number of anilines is 1. The van der Waals surface area contributed by atoms with Crippen LogP contribution in [0.15, 0.2) is 71.6 Å². The van der Waals surface area contributed by atoms with Gasteiger partial charge in [-0.3, -0.25) is 24.0 Å². The summed E-state index contributed by atoms with van der Waals surface area (Å²) in [6, 6.07) is 14.1. The molecule has 0 spiro atoms. The maximum absolute atomic E-state index is 14.2. The molecule has 11 nitrogen and oxygen atoms in total. The first kappa shape index (κ1) is 33.4. The monoisotopic (exact) mass is 640 g/mol. The first-order valence-electron chi connectivity index (χ1n) is 14.7. The average molecular weight is 641 g/mol. The molecule has 1 aliphatic carbocycles. The number of hydrogen-bond acceptors (Lipinski definition) is 7. The molecule has 0 aliphatic heterocycles. The molecule has 45 heavy (non-hydrogen) atoms. The van der Waals surface area contributed by atoms with Crippen molar-refractivity contribution in [2.75, 3.05) is 18.0 Å². The highest BCUT2D eigenvalue weighted by Crippen LogP contribution is 2.30. The number of carbonyl (C=O) groups excluding carboxylic acids is 2. The van der Waals surface area contributed by atoms with Crippen molar-refractivity contribution in [1.29, 1.82) is 0 Å². The van der Waals surface area contributed by atoms with Gasteiger partial charge in [0.2, 0.25) is 11.8 Å². The number of rotatable bonds is 13. The van der Waals surface area contributed by atoms with Gasteiger partial charge < -0.3 is 15.0 Å². The van der Waals surface area contributed by atoms with E-state index in [1.807, 2.05) is 0 Å². The number of carbonyl (C=O) groups is 2. The summed E-state index contributed by atoms with van der Waals surface area (Å²) in [6.45, 7) is 2.45. The summed E-state index contributed by atoms with van der Waals surface area (Å²) in [6.07, 6.45) is 3.89. The molecule has 1 atom stereocenters. The van der Waals surface area contributed by atoms with Gasteiger partial charge in [0.1, 0.15) is 24.2 Å². The number of nitrogens with one attached hydrogen (secondary N) is 1. The van der Waals surface area contributed by atoms with Crippen molar-refractivity contribution < 1.29 is 32.1 Å². The van der Waals surface area contributed by atoms with Crippen LogP contribution in [-0.2, 0) is 26.2 Å². The van der Waals surface area contributed by atoms with E-state index >= 15 is 0 Å². The molecule has 1 aliphatic rings. The number of ether oxygens (including phenoxy) is 1. The molecule has 0 radical (unpaired) electrons. The lowest BCUT2D eigenvalue weighted by Gasteiger charge is -2.33. The van der Waals surface area contributed by atoms with Crippen LogP contribution in [0.4, 0.5) is 15.8 Å². The Bertz CT molecular complexity index is 1630. The molecule has 0 unspecified atom stereocenters. The van der Waals surface area contributed by atoms with Crippen molar-refractivity contribution in [3.63, 3.8) is 0 Å². The minimum Gasteiger partial charge on any atom is -0.497 e. The number of nitro groups is 1. The summed E-state index contributed by atoms with van der Waals surface area (Å²) < 4.78 is 48.0. The van der Waals surface area contributed by atoms with E-state index in [9.17, 15) is 32.5 Å². The average Bonchev–Trinajstić information content (AvgIpc) is 3.53. The van der Waals surface area contributed by atoms with Crippen LogP contribution in [0.2, 0.25) is 0 Å². The van der Waals surface area contributed by atoms with Crippen LogP contribution in [0, 0.1) is 22.9 Å². The van der Waals surface area contributed by atoms with Crippen LogP contribution in [0.3, 0.4) is 0 Å². The fraction of sp³-hybridized carbons (Fsp3) is 0.375. The van der Waals surface area contributed by atoms with Gasteiger partial charge in [0.15, 0.2) is 0 Å². The highest BCUT2D eigenvalue weighted by Gasteiger charge is 2.35. The number of amides is 2. The quantitative estimate of drug-likeness (QED) is 0.202. The number of nitro benzene ring substituents is 1. The van der Waals surface area contributed by atoms with Crippen LogP contribution in [0.1, 0.15) is 50.2 Å². The van der Waals surface area contributed by atoms with E-state index in [4.69, 9.17) is 4.74 Å². The Balaban J connectivity index is 1.75. The van der Waals surface area contributed by atoms with Gasteiger partial charge >= 0.3 is 0 Å². The first-order valence-corrected chi connectivity index (χ1v) is 16.1. The SMILES string of the molecule is CC[C@@H](C(=O)NC1CCCC1)N(Cc1ccc(F)cc1)C(=O)CN(c1ccc(OC)cc1)S(=O)(=O)c1ccc(C)c([N+](=O)[O-])c1. The Morgan fingerprint density at radius 3 is 2.29 bits per heavy atom. The molecule has 0 saturated heterocycles. The molecule has 3 aromatic rings. The number of hydrogen-bond donors (Lipinski definition) is 1. The lowest BCUT2D eigenvalue weighted by Crippen LogP contribution is -2.53. The Hall–Kier alpha value is -4.52. The summed E-state index contributed by atoms with van der Waals surface area (Å²) in [5, 5.41) is 14.7. The smallest absolute Gasteiger partial charge is 0.273 e. The summed E-state index contributed by atoms with van der Waals surface area (Å²) in [7, 11) is -3.08. The van der Waals surface area contributed by atoms with Gasteiger partial charge in [0.25, 0.3) is 15.7 Å². The zero-order chi connectivity index (χ0) is 32.7. The molecule has 13 heteroatoms. The van der Waals surface area contributed by atoms with Crippen molar-refractivity contribution in [3.8, 4) is 5.75 Å². The third-order valence-corrected chi connectivity index (χ3v) is 9.73. The lowest BCUT2D eigenvalue weighted by atomic mass is 10.1. The van der Waals surface area contributed by atoms with Crippen LogP contribution in [0.5, 0.6) is 5.75 Å². The fourth-order valence-corrected chi connectivity index (χ4v) is 6.86. The van der Waals surface area contributed by atoms with Gasteiger partial charge in [0.05, 0.1) is 22.6 Å². The summed E-state index contributed by atoms with van der Waals surface area (Å²) in [4.78, 5) is 39.6. The van der Waals surface area contributed by atoms with E-state index in [-0.39, 0.29) is 46.7 Å². The molecule has 0 aromatic heterocycles. The Kier molecular flexibility index (Phi) is 10.8. The molecular weight excluding hydrogens is 603 g/mol. The number of aryl methyl sites for hydroxylation is 1. The molecule has 1 N–H and O–H groups in total. The topological polar surface area (TPSA) is 139 Å². The molecule has 4 rings (SSSR count). The molecule has 2 amide bonds. The highest BCUT2D eigenvalue weighted by molar-refractivity contribution is 7.92. The van der Waals surface area contributed by atoms with Gasteiger partial charge in [-0.15, -0.1) is 0 Å². The largest absolute Gasteiger partial charge is 0.497 e. The van der Waals surface area contributed by atoms with E-state index in [1.54, 1.807) is 6.92 Å². The second-order valence-corrected chi connectivity index (χ2v) is 12.8. The van der Waals surface area contributed by atoms with Crippen molar-refractivity contribution in [1.82, 2.24) is 10.2 Å². The van der Waals surface area contributed by atoms with Crippen molar-refractivity contribution in [3.05, 3.63) is 93.8 Å². The van der Waals surface area contributed by atoms with Crippen LogP contribution < -0.4 is 14.4 Å². The Morgan fingerprint density at radius 2 is 1.71 bits per heavy atom. The van der Waals surface area contributed by atoms with Gasteiger partial charge in [-0.1, -0.05) is 38.0 Å². The van der Waals surface area contributed by atoms with Crippen LogP contribution >= 0.6 is 0 Å². The molecule has 1 saturated carbocycles. The summed E-state index contributed by atoms with van der Waals surface area (Å²) in [5.74, 6) is -1.06. The van der Waals surface area contributed by atoms with Gasteiger partial charge in [0, 0.05) is 24.2 Å². The number of nitrogens with zero attached hydrogens (tertiary/aromatic N) is 3. The Morgan fingerprint density at radius 1 is 1.07 bits per heavy atom. The third kappa shape index (κ3) is 7.96. The highest BCUT2D eigenvalue weighted by atomic mass is 32.2. The molecule has 0 bridgehead atoms. The van der Waals surface area contributed by atoms with E-state index in [1.165, 1.54) is 79.6 Å². The minimum absolute atomic E-state index is 0.0113. The maximum Gasteiger partial charge on any atom is 0.273 e. The van der Waals surface area contributed by atoms with Gasteiger partial charge in [-0.05, 0) is 74.2 Å². The lowest BCUT2D eigenvalue weighted by molar-refractivity contribution is -0.385. The van der Waals surface area contributed by atoms with Crippen molar-refractivity contribution in [2.24, 2.45) is 0 Å². The fourth-order valence-electron chi connectivity index (χ4n) is 5.42. The standard InChI is InChI=1S/C32H37FN4O7S/c1-4-29(32(39)34-25-7-5-6-8-25)35(20-23-10-12-24(33)13-11-23)31(38)21-36(26-14-16-27(44-3)17-15-26)45(42,43)28-18-9-22(2)30(19-28)37(40)41/h9-19,25,29H,4-8,20-21H2,1-3H3,(H,34,39)/t29-/m0/s1. The number of methoxy groups -OCH3 is 1. The normalized spacial score (nSPS) is 14.0. The first-order chi connectivity index (χ1) is 21.4. The number of sulfonamides is 1. The zero-order valence-electron chi connectivity index (χ0n) is 25.4. The van der Waals surface area contributed by atoms with Crippen molar-refractivity contribution in [2.45, 2.75) is 69.5 Å². The van der Waals surface area contributed by atoms with E-state index in [0.717, 1.165) is 36.1 Å². The van der Waals surface area contributed by atoms with Crippen LogP contribution in [-0.4, -0.2) is 55.8 Å². The number of benzene rings is 3. The predicted molar refractivity (Wildman–Crippen MR) is 167 cm³/mol. The summed E-state index contributed by atoms with van der Waals surface area (Å²) in [5.41, 5.74) is 0.544. The summed E-state index contributed by atoms with van der Waals surface area (Å²) >= 11 is 0. The molecular formula is C32H37FN4O7S. The molecule has 1 fully saturated rings. The van der Waals surface area contributed by atoms with Crippen molar-refractivity contribution >= 4 is 33.2 Å².